The molecule has 0 bridgehead atoms. The number of aromatic nitrogens is 1. The first-order valence-electron chi connectivity index (χ1n) is 14.0. The van der Waals surface area contributed by atoms with Crippen molar-refractivity contribution in [1.29, 1.82) is 0 Å². The first kappa shape index (κ1) is 28.6. The number of hydrogen-bond acceptors (Lipinski definition) is 4. The zero-order valence-corrected chi connectivity index (χ0v) is 24.3. The molecule has 212 valence electrons. The largest absolute Gasteiger partial charge is 0.494 e. The van der Waals surface area contributed by atoms with E-state index in [2.05, 4.69) is 20.9 Å². The minimum absolute atomic E-state index is 0.0184. The lowest BCUT2D eigenvalue weighted by Crippen LogP contribution is -2.28. The predicted molar refractivity (Wildman–Crippen MR) is 175 cm³/mol. The topological polar surface area (TPSA) is 102 Å². The fourth-order valence-electron chi connectivity index (χ4n) is 4.85. The quantitative estimate of drug-likeness (QED) is 0.0943. The van der Waals surface area contributed by atoms with Crippen LogP contribution in [0.3, 0.4) is 0 Å². The van der Waals surface area contributed by atoms with Crippen LogP contribution in [0.5, 0.6) is 5.88 Å². The molecule has 1 heterocycles. The van der Waals surface area contributed by atoms with Crippen molar-refractivity contribution < 1.29 is 9.90 Å². The molecule has 0 aliphatic heterocycles. The molecule has 0 aliphatic carbocycles. The number of amides is 1. The van der Waals surface area contributed by atoms with Crippen LogP contribution in [0.25, 0.3) is 10.9 Å². The van der Waals surface area contributed by atoms with Gasteiger partial charge in [-0.15, -0.1) is 0 Å². The van der Waals surface area contributed by atoms with Crippen LogP contribution in [-0.2, 0) is 0 Å². The van der Waals surface area contributed by atoms with Crippen molar-refractivity contribution in [2.75, 3.05) is 11.9 Å². The average molecular weight is 576 g/mol. The number of hydrogen-bond donors (Lipinski definition) is 5. The average Bonchev–Trinajstić information content (AvgIpc) is 3.35. The fraction of sp³-hybridized carbons (Fsp3) is 0.147. The van der Waals surface area contributed by atoms with Gasteiger partial charge in [-0.1, -0.05) is 67.6 Å². The number of nitrogens with one attached hydrogen (secondary N) is 4. The van der Waals surface area contributed by atoms with Gasteiger partial charge in [-0.2, -0.15) is 0 Å². The highest BCUT2D eigenvalue weighted by molar-refractivity contribution is 7.80. The van der Waals surface area contributed by atoms with E-state index < -0.39 is 0 Å². The van der Waals surface area contributed by atoms with Gasteiger partial charge in [0.15, 0.2) is 11.0 Å². The number of aliphatic imine (C=N–C) groups is 1. The Kier molecular flexibility index (Phi) is 8.94. The summed E-state index contributed by atoms with van der Waals surface area (Å²) in [6.45, 7) is 4.77. The summed E-state index contributed by atoms with van der Waals surface area (Å²) in [5.74, 6) is -0.203. The Bertz CT molecular complexity index is 1710. The van der Waals surface area contributed by atoms with Crippen LogP contribution in [-0.4, -0.2) is 33.4 Å². The lowest BCUT2D eigenvalue weighted by molar-refractivity contribution is 0.0935. The number of nitrogens with zero attached hydrogens (tertiary/aromatic N) is 1. The van der Waals surface area contributed by atoms with Crippen LogP contribution in [0, 0.1) is 0 Å². The molecule has 0 radical (unpaired) electrons. The van der Waals surface area contributed by atoms with E-state index in [-0.39, 0.29) is 17.8 Å². The minimum Gasteiger partial charge on any atom is -0.494 e. The first-order chi connectivity index (χ1) is 20.5. The number of fused-ring (bicyclic) bond motifs is 1. The molecule has 1 aromatic heterocycles. The van der Waals surface area contributed by atoms with Gasteiger partial charge in [0.25, 0.3) is 5.91 Å². The lowest BCUT2D eigenvalue weighted by Gasteiger charge is -2.17. The maximum Gasteiger partial charge on any atom is 0.251 e. The monoisotopic (exact) mass is 575 g/mol. The summed E-state index contributed by atoms with van der Waals surface area (Å²) in [4.78, 5) is 21.4. The molecule has 5 rings (SSSR count). The highest BCUT2D eigenvalue weighted by Crippen LogP contribution is 2.32. The number of benzene rings is 4. The molecule has 0 saturated carbocycles. The number of anilines is 1. The molecule has 0 unspecified atom stereocenters. The van der Waals surface area contributed by atoms with E-state index in [1.807, 2.05) is 105 Å². The lowest BCUT2D eigenvalue weighted by atomic mass is 9.99. The van der Waals surface area contributed by atoms with Crippen LogP contribution in [0.1, 0.15) is 53.4 Å². The van der Waals surface area contributed by atoms with E-state index in [1.54, 1.807) is 12.1 Å². The first-order valence-corrected chi connectivity index (χ1v) is 14.4. The van der Waals surface area contributed by atoms with E-state index in [0.717, 1.165) is 29.8 Å². The summed E-state index contributed by atoms with van der Waals surface area (Å²) < 4.78 is 0. The molecule has 0 fully saturated rings. The van der Waals surface area contributed by atoms with Gasteiger partial charge in [0.1, 0.15) is 0 Å². The second-order valence-corrected chi connectivity index (χ2v) is 10.2. The molecular weight excluding hydrogens is 542 g/mol. The Labute approximate surface area is 250 Å². The molecule has 0 spiro atoms. The molecule has 0 aliphatic rings. The van der Waals surface area contributed by atoms with Gasteiger partial charge < -0.3 is 26.0 Å². The number of thiocarbonyl (C=S) groups is 1. The number of H-pyrrole nitrogens is 1. The number of carbonyl (C=O) groups is 1. The van der Waals surface area contributed by atoms with Crippen LogP contribution in [0.15, 0.2) is 108 Å². The van der Waals surface area contributed by atoms with Crippen molar-refractivity contribution in [3.63, 3.8) is 0 Å². The molecule has 5 N–H and O–H groups in total. The Morgan fingerprint density at radius 3 is 2.26 bits per heavy atom. The molecule has 0 saturated heterocycles. The van der Waals surface area contributed by atoms with E-state index >= 15 is 0 Å². The van der Waals surface area contributed by atoms with Gasteiger partial charge in [-0.3, -0.25) is 4.79 Å². The van der Waals surface area contributed by atoms with Crippen molar-refractivity contribution in [2.45, 2.75) is 26.3 Å². The normalized spacial score (nSPS) is 12.1. The van der Waals surface area contributed by atoms with Gasteiger partial charge in [-0.05, 0) is 73.6 Å². The predicted octanol–water partition coefficient (Wildman–Crippen LogP) is 7.23. The van der Waals surface area contributed by atoms with Crippen molar-refractivity contribution >= 4 is 51.2 Å². The highest BCUT2D eigenvalue weighted by Gasteiger charge is 2.21. The highest BCUT2D eigenvalue weighted by atomic mass is 32.1. The Hall–Kier alpha value is -4.95. The third-order valence-corrected chi connectivity index (χ3v) is 7.19. The number of aromatic hydroxyl groups is 1. The van der Waals surface area contributed by atoms with Crippen molar-refractivity contribution in [2.24, 2.45) is 4.99 Å². The van der Waals surface area contributed by atoms with Crippen LogP contribution in [0.2, 0.25) is 0 Å². The second-order valence-electron chi connectivity index (χ2n) is 9.81. The molecule has 1 atom stereocenters. The molecule has 42 heavy (non-hydrogen) atoms. The van der Waals surface area contributed by atoms with E-state index in [0.29, 0.717) is 38.5 Å². The van der Waals surface area contributed by atoms with Crippen molar-refractivity contribution in [3.05, 3.63) is 125 Å². The Balaban J connectivity index is 1.52. The summed E-state index contributed by atoms with van der Waals surface area (Å²) in [6, 6.07) is 32.5. The zero-order chi connectivity index (χ0) is 29.5. The second kappa shape index (κ2) is 13.1. The van der Waals surface area contributed by atoms with Gasteiger partial charge in [0.05, 0.1) is 23.0 Å². The van der Waals surface area contributed by atoms with Crippen molar-refractivity contribution in [3.8, 4) is 5.88 Å². The molecule has 8 heteroatoms. The van der Waals surface area contributed by atoms with E-state index in [1.165, 1.54) is 0 Å². The summed E-state index contributed by atoms with van der Waals surface area (Å²) >= 11 is 5.29. The smallest absolute Gasteiger partial charge is 0.251 e. The van der Waals surface area contributed by atoms with Gasteiger partial charge in [0, 0.05) is 34.3 Å². The maximum atomic E-state index is 13.4. The Morgan fingerprint density at radius 2 is 1.60 bits per heavy atom. The summed E-state index contributed by atoms with van der Waals surface area (Å²) in [5, 5.41) is 21.8. The third kappa shape index (κ3) is 6.50. The summed E-state index contributed by atoms with van der Waals surface area (Å²) in [7, 11) is 0. The van der Waals surface area contributed by atoms with E-state index in [4.69, 9.17) is 17.2 Å². The molecule has 7 nitrogen and oxygen atoms in total. The molecule has 4 aromatic carbocycles. The summed E-state index contributed by atoms with van der Waals surface area (Å²) in [6.07, 6.45) is 0.758. The van der Waals surface area contributed by atoms with Gasteiger partial charge in [0.2, 0.25) is 0 Å². The van der Waals surface area contributed by atoms with E-state index in [9.17, 15) is 9.90 Å². The van der Waals surface area contributed by atoms with Gasteiger partial charge >= 0.3 is 0 Å². The number of carbonyl (C=O) groups excluding carboxylic acids is 1. The molecule has 5 aromatic rings. The molecule has 1 amide bonds. The van der Waals surface area contributed by atoms with Gasteiger partial charge in [-0.25, -0.2) is 4.99 Å². The SMILES string of the molecule is CCNC(=S)Nc1ccc(N=C(c2ccccc2)c2c(O)[nH]c3ccc(C(=O)N[C@@H](CC)c4ccccc4)cc23)cc1. The molecular formula is C34H33N5O2S. The Morgan fingerprint density at radius 1 is 0.905 bits per heavy atom. The van der Waals surface area contributed by atoms with Crippen LogP contribution < -0.4 is 16.0 Å². The maximum absolute atomic E-state index is 13.4. The third-order valence-electron chi connectivity index (χ3n) is 6.94. The van der Waals surface area contributed by atoms with Crippen molar-refractivity contribution in [1.82, 2.24) is 15.6 Å². The number of rotatable bonds is 9. The van der Waals surface area contributed by atoms with Crippen LogP contribution >= 0.6 is 12.2 Å². The zero-order valence-electron chi connectivity index (χ0n) is 23.5. The number of aromatic amines is 1. The fourth-order valence-corrected chi connectivity index (χ4v) is 5.11. The summed E-state index contributed by atoms with van der Waals surface area (Å²) in [5.41, 5.74) is 5.73. The van der Waals surface area contributed by atoms with Crippen LogP contribution in [0.4, 0.5) is 11.4 Å². The minimum atomic E-state index is -0.184. The standard InChI is InChI=1S/C34H33N5O2S/c1-3-28(22-11-7-5-8-12-22)38-32(40)24-15-20-29-27(21-24)30(33(41)39-29)31(23-13-9-6-10-14-23)36-25-16-18-26(19-17-25)37-34(42)35-4-2/h5-21,28,39,41H,3-4H2,1-2H3,(H,38,40)(H2,35,37,42)/t28-/m0/s1.